The molecule has 2 aromatic carbocycles. The van der Waals surface area contributed by atoms with E-state index in [1.165, 1.54) is 18.3 Å². The Labute approximate surface area is 218 Å². The monoisotopic (exact) mass is 528 g/mol. The van der Waals surface area contributed by atoms with E-state index in [-0.39, 0.29) is 17.2 Å². The van der Waals surface area contributed by atoms with Crippen LogP contribution >= 0.6 is 11.3 Å². The van der Waals surface area contributed by atoms with Crippen molar-refractivity contribution in [1.82, 2.24) is 15.6 Å². The van der Waals surface area contributed by atoms with Crippen LogP contribution in [0.5, 0.6) is 0 Å². The molecule has 0 saturated heterocycles. The van der Waals surface area contributed by atoms with Gasteiger partial charge in [-0.2, -0.15) is 0 Å². The molecule has 1 unspecified atom stereocenters. The van der Waals surface area contributed by atoms with E-state index in [1.54, 1.807) is 12.1 Å². The first-order chi connectivity index (χ1) is 17.0. The average molecular weight is 529 g/mol. The topological polar surface area (TPSA) is 120 Å². The highest BCUT2D eigenvalue weighted by molar-refractivity contribution is 7.80. The summed E-state index contributed by atoms with van der Waals surface area (Å²) >= 11 is -0.666. The SMILES string of the molecule is CC(=O)N[C@@H](Cc1ccccc1)C(=O)N[C@@H](Cc1ccc(NS(=O)O)cc1)c1nc(C(C)(C)C)cs1. The maximum absolute atomic E-state index is 13.4. The van der Waals surface area contributed by atoms with E-state index in [0.29, 0.717) is 18.5 Å². The van der Waals surface area contributed by atoms with Gasteiger partial charge in [0.1, 0.15) is 11.0 Å². The Morgan fingerprint density at radius 3 is 2.19 bits per heavy atom. The van der Waals surface area contributed by atoms with Crippen LogP contribution in [0.4, 0.5) is 5.69 Å². The third kappa shape index (κ3) is 8.25. The minimum atomic E-state index is -2.15. The Morgan fingerprint density at radius 1 is 1.00 bits per heavy atom. The highest BCUT2D eigenvalue weighted by Gasteiger charge is 2.27. The van der Waals surface area contributed by atoms with E-state index in [4.69, 9.17) is 9.54 Å². The van der Waals surface area contributed by atoms with Crippen LogP contribution in [0.2, 0.25) is 0 Å². The standard InChI is InChI=1S/C26H32N4O4S2/c1-17(31)27-21(14-18-8-6-5-7-9-18)24(32)28-22(25-29-23(16-35-25)26(2,3)4)15-19-10-12-20(13-11-19)30-36(33)34/h5-13,16,21-22,30H,14-15H2,1-4H3,(H,27,31)(H,28,32)(H,33,34)/t21-,22-/m0/s1. The fourth-order valence-corrected chi connectivity index (χ4v) is 5.05. The molecule has 4 N–H and O–H groups in total. The Morgan fingerprint density at radius 2 is 1.64 bits per heavy atom. The fourth-order valence-electron chi connectivity index (χ4n) is 3.61. The van der Waals surface area contributed by atoms with Crippen LogP contribution in [-0.4, -0.2) is 31.6 Å². The third-order valence-corrected chi connectivity index (χ3v) is 6.85. The first-order valence-electron chi connectivity index (χ1n) is 11.5. The number of carbonyl (C=O) groups excluding carboxylic acids is 2. The van der Waals surface area contributed by atoms with Crippen LogP contribution in [0.15, 0.2) is 60.0 Å². The second-order valence-corrected chi connectivity index (χ2v) is 11.2. The predicted molar refractivity (Wildman–Crippen MR) is 144 cm³/mol. The Hall–Kier alpha value is -3.08. The van der Waals surface area contributed by atoms with Crippen molar-refractivity contribution in [3.05, 3.63) is 81.8 Å². The van der Waals surface area contributed by atoms with Crippen molar-refractivity contribution >= 4 is 40.1 Å². The van der Waals surface area contributed by atoms with Crippen molar-refractivity contribution in [2.75, 3.05) is 4.72 Å². The third-order valence-electron chi connectivity index (χ3n) is 5.48. The molecular formula is C26H32N4O4S2. The Balaban J connectivity index is 1.86. The van der Waals surface area contributed by atoms with Crippen molar-refractivity contribution in [3.8, 4) is 0 Å². The lowest BCUT2D eigenvalue weighted by Gasteiger charge is -2.23. The minimum Gasteiger partial charge on any atom is -0.345 e. The van der Waals surface area contributed by atoms with Crippen LogP contribution < -0.4 is 15.4 Å². The van der Waals surface area contributed by atoms with E-state index in [1.807, 2.05) is 47.8 Å². The number of hydrogen-bond acceptors (Lipinski definition) is 5. The lowest BCUT2D eigenvalue weighted by atomic mass is 9.93. The van der Waals surface area contributed by atoms with Crippen molar-refractivity contribution in [1.29, 1.82) is 0 Å². The molecule has 0 fully saturated rings. The van der Waals surface area contributed by atoms with E-state index >= 15 is 0 Å². The first-order valence-corrected chi connectivity index (χ1v) is 13.5. The normalized spacial score (nSPS) is 13.9. The number of thiazole rings is 1. The van der Waals surface area contributed by atoms with Gasteiger partial charge in [-0.3, -0.25) is 18.9 Å². The number of benzene rings is 2. The van der Waals surface area contributed by atoms with Crippen molar-refractivity contribution in [2.45, 2.75) is 58.0 Å². The van der Waals surface area contributed by atoms with Gasteiger partial charge in [-0.25, -0.2) is 9.19 Å². The summed E-state index contributed by atoms with van der Waals surface area (Å²) in [4.78, 5) is 30.1. The summed E-state index contributed by atoms with van der Waals surface area (Å²) in [5, 5.41) is 8.66. The van der Waals surface area contributed by atoms with Crippen molar-refractivity contribution in [3.63, 3.8) is 0 Å². The van der Waals surface area contributed by atoms with Gasteiger partial charge in [0.15, 0.2) is 0 Å². The van der Waals surface area contributed by atoms with Crippen LogP contribution in [-0.2, 0) is 39.1 Å². The number of amides is 2. The van der Waals surface area contributed by atoms with E-state index < -0.39 is 23.4 Å². The molecule has 3 rings (SSSR count). The molecule has 0 aliphatic carbocycles. The molecule has 36 heavy (non-hydrogen) atoms. The quantitative estimate of drug-likeness (QED) is 0.295. The van der Waals surface area contributed by atoms with Gasteiger partial charge in [-0.1, -0.05) is 63.2 Å². The number of rotatable bonds is 10. The summed E-state index contributed by atoms with van der Waals surface area (Å²) in [5.74, 6) is -0.572. The number of anilines is 1. The molecule has 1 heterocycles. The Bertz CT molecular complexity index is 1190. The van der Waals surface area contributed by atoms with Gasteiger partial charge in [0, 0.05) is 29.8 Å². The lowest BCUT2D eigenvalue weighted by molar-refractivity contribution is -0.128. The smallest absolute Gasteiger partial charge is 0.259 e. The molecule has 0 radical (unpaired) electrons. The molecule has 3 aromatic rings. The van der Waals surface area contributed by atoms with Gasteiger partial charge < -0.3 is 10.6 Å². The predicted octanol–water partition coefficient (Wildman–Crippen LogP) is 4.14. The molecule has 0 aliphatic rings. The Kier molecular flexibility index (Phi) is 9.36. The molecule has 8 nitrogen and oxygen atoms in total. The van der Waals surface area contributed by atoms with Gasteiger partial charge in [-0.05, 0) is 29.7 Å². The summed E-state index contributed by atoms with van der Waals surface area (Å²) in [6, 6.07) is 15.5. The molecule has 0 bridgehead atoms. The highest BCUT2D eigenvalue weighted by atomic mass is 32.2. The van der Waals surface area contributed by atoms with Gasteiger partial charge >= 0.3 is 0 Å². The van der Waals surface area contributed by atoms with Crippen LogP contribution in [0.1, 0.15) is 55.6 Å². The lowest BCUT2D eigenvalue weighted by Crippen LogP contribution is -2.48. The van der Waals surface area contributed by atoms with Gasteiger partial charge in [0.2, 0.25) is 11.8 Å². The van der Waals surface area contributed by atoms with Crippen molar-refractivity contribution in [2.24, 2.45) is 0 Å². The highest BCUT2D eigenvalue weighted by Crippen LogP contribution is 2.29. The molecule has 192 valence electrons. The number of hydrogen-bond donors (Lipinski definition) is 4. The van der Waals surface area contributed by atoms with Crippen molar-refractivity contribution < 1.29 is 18.4 Å². The molecule has 0 spiro atoms. The molecule has 0 aliphatic heterocycles. The molecule has 2 amide bonds. The molecule has 1 aromatic heterocycles. The van der Waals surface area contributed by atoms with E-state index in [2.05, 4.69) is 36.1 Å². The zero-order valence-corrected chi connectivity index (χ0v) is 22.4. The second kappa shape index (κ2) is 12.2. The summed E-state index contributed by atoms with van der Waals surface area (Å²) in [6.07, 6.45) is 0.826. The first kappa shape index (κ1) is 27.5. The van der Waals surface area contributed by atoms with Gasteiger partial charge in [0.25, 0.3) is 11.3 Å². The molecule has 3 atom stereocenters. The maximum Gasteiger partial charge on any atom is 0.259 e. The summed E-state index contributed by atoms with van der Waals surface area (Å²) in [7, 11) is 0. The fraction of sp³-hybridized carbons (Fsp3) is 0.346. The summed E-state index contributed by atoms with van der Waals surface area (Å²) in [5.41, 5.74) is 3.17. The van der Waals surface area contributed by atoms with Crippen LogP contribution in [0, 0.1) is 0 Å². The molecule has 0 saturated carbocycles. The number of aromatic nitrogens is 1. The molecule has 10 heteroatoms. The number of nitrogens with zero attached hydrogens (tertiary/aromatic N) is 1. The zero-order valence-electron chi connectivity index (χ0n) is 20.8. The van der Waals surface area contributed by atoms with E-state index in [0.717, 1.165) is 21.8 Å². The van der Waals surface area contributed by atoms with E-state index in [9.17, 15) is 13.8 Å². The number of nitrogens with one attached hydrogen (secondary N) is 3. The van der Waals surface area contributed by atoms with Crippen LogP contribution in [0.25, 0.3) is 0 Å². The van der Waals surface area contributed by atoms with Gasteiger partial charge in [0.05, 0.1) is 11.7 Å². The van der Waals surface area contributed by atoms with Gasteiger partial charge in [-0.15, -0.1) is 11.3 Å². The molecular weight excluding hydrogens is 496 g/mol. The summed E-state index contributed by atoms with van der Waals surface area (Å²) in [6.45, 7) is 7.66. The zero-order chi connectivity index (χ0) is 26.3. The van der Waals surface area contributed by atoms with Crippen LogP contribution in [0.3, 0.4) is 0 Å². The average Bonchev–Trinajstić information content (AvgIpc) is 3.30. The maximum atomic E-state index is 13.4. The summed E-state index contributed by atoms with van der Waals surface area (Å²) < 4.78 is 22.5. The number of carbonyl (C=O) groups is 2. The minimum absolute atomic E-state index is 0.136. The second-order valence-electron chi connectivity index (χ2n) is 9.58. The largest absolute Gasteiger partial charge is 0.345 e.